The number of fused-ring (bicyclic) bond motifs is 1. The van der Waals surface area contributed by atoms with E-state index in [0.29, 0.717) is 11.6 Å². The molecule has 0 saturated heterocycles. The van der Waals surface area contributed by atoms with E-state index in [4.69, 9.17) is 11.6 Å². The van der Waals surface area contributed by atoms with Gasteiger partial charge in [-0.15, -0.1) is 0 Å². The number of nitrogens with two attached hydrogens (primary N) is 1. The third-order valence-electron chi connectivity index (χ3n) is 4.08. The first-order chi connectivity index (χ1) is 11.6. The molecule has 0 bridgehead atoms. The fourth-order valence-corrected chi connectivity index (χ4v) is 3.03. The smallest absolute Gasteiger partial charge is 0.279 e. The Morgan fingerprint density at radius 3 is 2.67 bits per heavy atom. The molecular formula is C20H20ClN2O+. The van der Waals surface area contributed by atoms with Crippen molar-refractivity contribution in [1.82, 2.24) is 0 Å². The Kier molecular flexibility index (Phi) is 5.14. The van der Waals surface area contributed by atoms with Crippen molar-refractivity contribution in [3.8, 4) is 0 Å². The molecule has 0 heterocycles. The number of nitrogens with one attached hydrogen (secondary N) is 1. The van der Waals surface area contributed by atoms with E-state index >= 15 is 0 Å². The van der Waals surface area contributed by atoms with Crippen LogP contribution in [0, 0.1) is 0 Å². The van der Waals surface area contributed by atoms with Crippen molar-refractivity contribution in [2.45, 2.75) is 13.0 Å². The van der Waals surface area contributed by atoms with Crippen LogP contribution in [-0.2, 0) is 4.79 Å². The zero-order valence-corrected chi connectivity index (χ0v) is 14.3. The molecule has 4 heteroatoms. The summed E-state index contributed by atoms with van der Waals surface area (Å²) in [7, 11) is 0. The van der Waals surface area contributed by atoms with Crippen LogP contribution in [0.1, 0.15) is 18.5 Å². The summed E-state index contributed by atoms with van der Waals surface area (Å²) in [5.41, 5.74) is 1.96. The van der Waals surface area contributed by atoms with Crippen molar-refractivity contribution >= 4 is 34.0 Å². The van der Waals surface area contributed by atoms with E-state index in [1.807, 2.05) is 29.6 Å². The van der Waals surface area contributed by atoms with Gasteiger partial charge in [-0.3, -0.25) is 4.79 Å². The number of amides is 1. The lowest BCUT2D eigenvalue weighted by Crippen LogP contribution is -2.86. The van der Waals surface area contributed by atoms with Gasteiger partial charge in [0.2, 0.25) is 0 Å². The third-order valence-corrected chi connectivity index (χ3v) is 4.31. The molecule has 0 unspecified atom stereocenters. The van der Waals surface area contributed by atoms with Gasteiger partial charge in [0.15, 0.2) is 6.54 Å². The lowest BCUT2D eigenvalue weighted by atomic mass is 10.00. The van der Waals surface area contributed by atoms with Crippen molar-refractivity contribution in [2.24, 2.45) is 0 Å². The molecule has 24 heavy (non-hydrogen) atoms. The Hall–Kier alpha value is -2.36. The minimum Gasteiger partial charge on any atom is -0.332 e. The van der Waals surface area contributed by atoms with E-state index in [1.165, 1.54) is 16.3 Å². The van der Waals surface area contributed by atoms with Gasteiger partial charge in [0, 0.05) is 16.3 Å². The van der Waals surface area contributed by atoms with Gasteiger partial charge in [-0.05, 0) is 35.9 Å². The normalized spacial score (nSPS) is 12.1. The topological polar surface area (TPSA) is 45.7 Å². The van der Waals surface area contributed by atoms with E-state index in [2.05, 4.69) is 42.6 Å². The van der Waals surface area contributed by atoms with Crippen LogP contribution in [0.15, 0.2) is 66.7 Å². The van der Waals surface area contributed by atoms with E-state index in [-0.39, 0.29) is 11.9 Å². The van der Waals surface area contributed by atoms with Gasteiger partial charge in [-0.2, -0.15) is 0 Å². The Bertz CT molecular complexity index is 858. The first-order valence-electron chi connectivity index (χ1n) is 8.00. The second kappa shape index (κ2) is 7.47. The molecule has 3 aromatic rings. The Balaban J connectivity index is 1.64. The van der Waals surface area contributed by atoms with E-state index in [1.54, 1.807) is 12.1 Å². The molecule has 3 rings (SSSR count). The zero-order valence-electron chi connectivity index (χ0n) is 13.5. The highest BCUT2D eigenvalue weighted by atomic mass is 35.5. The summed E-state index contributed by atoms with van der Waals surface area (Å²) in [6, 6.07) is 22.0. The lowest BCUT2D eigenvalue weighted by Gasteiger charge is -2.13. The first-order valence-corrected chi connectivity index (χ1v) is 8.37. The first kappa shape index (κ1) is 16.5. The SMILES string of the molecule is C[C@@H]([NH2+]CC(=O)Nc1cccc(Cl)c1)c1cccc2ccccc12. The van der Waals surface area contributed by atoms with E-state index in [9.17, 15) is 4.79 Å². The van der Waals surface area contributed by atoms with Crippen LogP contribution < -0.4 is 10.6 Å². The maximum Gasteiger partial charge on any atom is 0.279 e. The summed E-state index contributed by atoms with van der Waals surface area (Å²) < 4.78 is 0. The predicted octanol–water partition coefficient (Wildman–Crippen LogP) is 3.76. The molecule has 0 aliphatic rings. The number of hydrogen-bond donors (Lipinski definition) is 2. The average Bonchev–Trinajstić information content (AvgIpc) is 2.59. The molecule has 3 N–H and O–H groups in total. The number of hydrogen-bond acceptors (Lipinski definition) is 1. The number of anilines is 1. The number of quaternary nitrogens is 1. The van der Waals surface area contributed by atoms with Crippen LogP contribution in [0.25, 0.3) is 10.8 Å². The van der Waals surface area contributed by atoms with Crippen LogP contribution in [0.2, 0.25) is 5.02 Å². The van der Waals surface area contributed by atoms with Gasteiger partial charge in [0.1, 0.15) is 6.04 Å². The number of halogens is 1. The van der Waals surface area contributed by atoms with Crippen LogP contribution in [0.4, 0.5) is 5.69 Å². The van der Waals surface area contributed by atoms with Crippen LogP contribution in [-0.4, -0.2) is 12.5 Å². The molecule has 0 spiro atoms. The molecule has 0 aliphatic carbocycles. The van der Waals surface area contributed by atoms with E-state index < -0.39 is 0 Å². The second-order valence-corrected chi connectivity index (χ2v) is 6.29. The molecule has 1 amide bonds. The molecule has 3 nitrogen and oxygen atoms in total. The highest BCUT2D eigenvalue weighted by Crippen LogP contribution is 2.22. The molecule has 0 aromatic heterocycles. The van der Waals surface area contributed by atoms with Crippen molar-refractivity contribution in [3.05, 3.63) is 77.3 Å². The minimum absolute atomic E-state index is 0.0376. The highest BCUT2D eigenvalue weighted by Gasteiger charge is 2.14. The Morgan fingerprint density at radius 1 is 1.08 bits per heavy atom. The predicted molar refractivity (Wildman–Crippen MR) is 99.2 cm³/mol. The highest BCUT2D eigenvalue weighted by molar-refractivity contribution is 6.30. The maximum absolute atomic E-state index is 12.1. The summed E-state index contributed by atoms with van der Waals surface area (Å²) in [6.45, 7) is 2.48. The quantitative estimate of drug-likeness (QED) is 0.730. The second-order valence-electron chi connectivity index (χ2n) is 5.86. The number of benzene rings is 3. The largest absolute Gasteiger partial charge is 0.332 e. The average molecular weight is 340 g/mol. The molecule has 122 valence electrons. The molecule has 0 radical (unpaired) electrons. The Labute approximate surface area is 146 Å². The van der Waals surface area contributed by atoms with Gasteiger partial charge in [-0.25, -0.2) is 0 Å². The van der Waals surface area contributed by atoms with Gasteiger partial charge in [-0.1, -0.05) is 60.1 Å². The summed E-state index contributed by atoms with van der Waals surface area (Å²) >= 11 is 5.93. The van der Waals surface area contributed by atoms with Gasteiger partial charge in [0.25, 0.3) is 5.91 Å². The Morgan fingerprint density at radius 2 is 1.83 bits per heavy atom. The molecule has 1 atom stereocenters. The molecular weight excluding hydrogens is 320 g/mol. The van der Waals surface area contributed by atoms with Crippen LogP contribution in [0.5, 0.6) is 0 Å². The summed E-state index contributed by atoms with van der Waals surface area (Å²) in [5, 5.41) is 7.98. The summed E-state index contributed by atoms with van der Waals surface area (Å²) in [4.78, 5) is 12.1. The number of carbonyl (C=O) groups excluding carboxylic acids is 1. The van der Waals surface area contributed by atoms with E-state index in [0.717, 1.165) is 5.69 Å². The lowest BCUT2D eigenvalue weighted by molar-refractivity contribution is -0.682. The van der Waals surface area contributed by atoms with Crippen molar-refractivity contribution < 1.29 is 10.1 Å². The standard InChI is InChI=1S/C20H19ClN2O/c1-14(18-11-4-7-15-6-2-3-10-19(15)18)22-13-20(24)23-17-9-5-8-16(21)12-17/h2-12,14,22H,13H2,1H3,(H,23,24)/p+1/t14-/m1/s1. The van der Waals surface area contributed by atoms with Crippen LogP contribution >= 0.6 is 11.6 Å². The van der Waals surface area contributed by atoms with Crippen LogP contribution in [0.3, 0.4) is 0 Å². The minimum atomic E-state index is -0.0376. The van der Waals surface area contributed by atoms with Gasteiger partial charge >= 0.3 is 0 Å². The fraction of sp³-hybridized carbons (Fsp3) is 0.150. The maximum atomic E-state index is 12.1. The number of carbonyl (C=O) groups is 1. The van der Waals surface area contributed by atoms with Gasteiger partial charge in [0.05, 0.1) is 0 Å². The van der Waals surface area contributed by atoms with Crippen molar-refractivity contribution in [3.63, 3.8) is 0 Å². The van der Waals surface area contributed by atoms with Crippen molar-refractivity contribution in [1.29, 1.82) is 0 Å². The summed E-state index contributed by atoms with van der Waals surface area (Å²) in [6.07, 6.45) is 0. The monoisotopic (exact) mass is 339 g/mol. The molecule has 0 saturated carbocycles. The molecule has 3 aromatic carbocycles. The van der Waals surface area contributed by atoms with Crippen molar-refractivity contribution in [2.75, 3.05) is 11.9 Å². The third kappa shape index (κ3) is 3.94. The van der Waals surface area contributed by atoms with Gasteiger partial charge < -0.3 is 10.6 Å². The number of rotatable bonds is 5. The summed E-state index contributed by atoms with van der Waals surface area (Å²) in [5.74, 6) is -0.0376. The molecule has 0 fully saturated rings. The fourth-order valence-electron chi connectivity index (χ4n) is 2.84. The molecule has 0 aliphatic heterocycles. The zero-order chi connectivity index (χ0) is 16.9.